The Kier molecular flexibility index (Phi) is 6.17. The first-order valence-electron chi connectivity index (χ1n) is 9.74. The van der Waals surface area contributed by atoms with Gasteiger partial charge in [0.2, 0.25) is 0 Å². The second kappa shape index (κ2) is 8.83. The van der Waals surface area contributed by atoms with E-state index in [0.717, 1.165) is 29.9 Å². The van der Waals surface area contributed by atoms with Crippen LogP contribution in [0.2, 0.25) is 0 Å². The van der Waals surface area contributed by atoms with Gasteiger partial charge in [-0.05, 0) is 30.7 Å². The van der Waals surface area contributed by atoms with Crippen LogP contribution in [0, 0.1) is 6.92 Å². The van der Waals surface area contributed by atoms with Crippen molar-refractivity contribution in [2.24, 2.45) is 0 Å². The van der Waals surface area contributed by atoms with E-state index in [1.165, 1.54) is 17.0 Å². The maximum atomic E-state index is 13.3. The molecule has 2 aromatic heterocycles. The van der Waals surface area contributed by atoms with Crippen molar-refractivity contribution >= 4 is 11.3 Å². The Balaban J connectivity index is 1.48. The number of thiazole rings is 1. The van der Waals surface area contributed by atoms with Crippen LogP contribution in [-0.4, -0.2) is 34.6 Å². The van der Waals surface area contributed by atoms with Crippen LogP contribution in [-0.2, 0) is 23.9 Å². The van der Waals surface area contributed by atoms with E-state index in [1.807, 2.05) is 25.3 Å². The zero-order valence-electron chi connectivity index (χ0n) is 16.5. The molecule has 1 aliphatic heterocycles. The number of rotatable bonds is 5. The summed E-state index contributed by atoms with van der Waals surface area (Å²) in [7, 11) is 0. The minimum Gasteiger partial charge on any atom is -0.369 e. The van der Waals surface area contributed by atoms with Crippen molar-refractivity contribution in [3.8, 4) is 0 Å². The van der Waals surface area contributed by atoms with Gasteiger partial charge in [-0.15, -0.1) is 11.3 Å². The Hall–Kier alpha value is -2.29. The minimum atomic E-state index is -4.38. The lowest BCUT2D eigenvalue weighted by Crippen LogP contribution is -2.38. The topological polar surface area (TPSA) is 38.2 Å². The molecule has 8 heteroatoms. The molecular formula is C22H22F3N3OS. The molecule has 1 aromatic carbocycles. The monoisotopic (exact) mass is 433 g/mol. The van der Waals surface area contributed by atoms with Crippen LogP contribution in [0.5, 0.6) is 0 Å². The molecule has 1 aliphatic rings. The molecule has 1 atom stereocenters. The van der Waals surface area contributed by atoms with E-state index >= 15 is 0 Å². The zero-order chi connectivity index (χ0) is 21.1. The Bertz CT molecular complexity index is 1010. The van der Waals surface area contributed by atoms with E-state index in [2.05, 4.69) is 14.9 Å². The highest BCUT2D eigenvalue weighted by atomic mass is 32.1. The number of aromatic nitrogens is 2. The number of morpholine rings is 1. The molecular weight excluding hydrogens is 411 g/mol. The van der Waals surface area contributed by atoms with Gasteiger partial charge in [0.25, 0.3) is 0 Å². The number of halogens is 3. The van der Waals surface area contributed by atoms with Crippen LogP contribution in [0.4, 0.5) is 13.2 Å². The third kappa shape index (κ3) is 5.06. The summed E-state index contributed by atoms with van der Waals surface area (Å²) in [6, 6.07) is 11.1. The van der Waals surface area contributed by atoms with Gasteiger partial charge in [-0.2, -0.15) is 13.2 Å². The lowest BCUT2D eigenvalue weighted by Gasteiger charge is -2.32. The van der Waals surface area contributed by atoms with Gasteiger partial charge in [0.1, 0.15) is 6.10 Å². The van der Waals surface area contributed by atoms with Gasteiger partial charge in [0.15, 0.2) is 0 Å². The smallest absolute Gasteiger partial charge is 0.369 e. The van der Waals surface area contributed by atoms with Gasteiger partial charge in [-0.25, -0.2) is 4.98 Å². The number of aryl methyl sites for hydroxylation is 1. The minimum absolute atomic E-state index is 0.125. The third-order valence-electron chi connectivity index (χ3n) is 5.05. The summed E-state index contributed by atoms with van der Waals surface area (Å²) in [6.07, 6.45) is -2.55. The third-order valence-corrected chi connectivity index (χ3v) is 5.95. The van der Waals surface area contributed by atoms with E-state index in [-0.39, 0.29) is 18.1 Å². The van der Waals surface area contributed by atoms with Crippen molar-refractivity contribution < 1.29 is 17.9 Å². The van der Waals surface area contributed by atoms with Gasteiger partial charge in [-0.3, -0.25) is 9.88 Å². The second-order valence-electron chi connectivity index (χ2n) is 7.33. The molecule has 1 saturated heterocycles. The van der Waals surface area contributed by atoms with E-state index in [0.29, 0.717) is 18.8 Å². The first-order valence-corrected chi connectivity index (χ1v) is 10.6. The van der Waals surface area contributed by atoms with E-state index in [1.54, 1.807) is 23.5 Å². The molecule has 0 aliphatic carbocycles. The number of nitrogens with zero attached hydrogens (tertiary/aromatic N) is 3. The fourth-order valence-corrected chi connectivity index (χ4v) is 4.48. The summed E-state index contributed by atoms with van der Waals surface area (Å²) < 4.78 is 45.8. The largest absolute Gasteiger partial charge is 0.416 e. The fraction of sp³-hybridized carbons (Fsp3) is 0.364. The lowest BCUT2D eigenvalue weighted by atomic mass is 10.0. The first-order chi connectivity index (χ1) is 14.4. The summed E-state index contributed by atoms with van der Waals surface area (Å²) in [5, 5.41) is 1.04. The Labute approximate surface area is 177 Å². The van der Waals surface area contributed by atoms with E-state index in [9.17, 15) is 13.2 Å². The van der Waals surface area contributed by atoms with Crippen molar-refractivity contribution in [1.82, 2.24) is 14.9 Å². The summed E-state index contributed by atoms with van der Waals surface area (Å²) >= 11 is 1.68. The molecule has 4 nitrogen and oxygen atoms in total. The van der Waals surface area contributed by atoms with Crippen LogP contribution in [0.15, 0.2) is 48.7 Å². The van der Waals surface area contributed by atoms with Crippen molar-refractivity contribution in [3.63, 3.8) is 0 Å². The fourth-order valence-electron chi connectivity index (χ4n) is 3.65. The molecule has 0 saturated carbocycles. The van der Waals surface area contributed by atoms with Gasteiger partial charge in [-0.1, -0.05) is 24.3 Å². The Morgan fingerprint density at radius 3 is 2.77 bits per heavy atom. The number of ether oxygens (including phenoxy) is 1. The Morgan fingerprint density at radius 1 is 1.17 bits per heavy atom. The number of hydrogen-bond acceptors (Lipinski definition) is 5. The molecule has 158 valence electrons. The standard InChI is InChI=1S/C22H22F3N3OS/c1-15-26-12-18(30-15)13-28-9-10-29-21(14-28)20-8-4-6-17(27-20)11-16-5-2-3-7-19(16)22(23,24)25/h2-8,12,21H,9-11,13-14H2,1H3. The highest BCUT2D eigenvalue weighted by molar-refractivity contribution is 7.11. The van der Waals surface area contributed by atoms with Crippen molar-refractivity contribution in [2.75, 3.05) is 19.7 Å². The number of benzene rings is 1. The molecule has 0 radical (unpaired) electrons. The molecule has 0 bridgehead atoms. The van der Waals surface area contributed by atoms with Crippen molar-refractivity contribution in [1.29, 1.82) is 0 Å². The molecule has 3 heterocycles. The number of alkyl halides is 3. The molecule has 0 spiro atoms. The molecule has 1 fully saturated rings. The van der Waals surface area contributed by atoms with E-state index < -0.39 is 11.7 Å². The lowest BCUT2D eigenvalue weighted by molar-refractivity contribution is -0.138. The summed E-state index contributed by atoms with van der Waals surface area (Å²) in [6.45, 7) is 4.90. The maximum Gasteiger partial charge on any atom is 0.416 e. The summed E-state index contributed by atoms with van der Waals surface area (Å²) in [5.74, 6) is 0. The zero-order valence-corrected chi connectivity index (χ0v) is 17.3. The van der Waals surface area contributed by atoms with Crippen LogP contribution in [0.3, 0.4) is 0 Å². The molecule has 4 rings (SSSR count). The number of pyridine rings is 1. The van der Waals surface area contributed by atoms with E-state index in [4.69, 9.17) is 4.74 Å². The molecule has 0 amide bonds. The second-order valence-corrected chi connectivity index (χ2v) is 8.64. The molecule has 30 heavy (non-hydrogen) atoms. The normalized spacial score (nSPS) is 17.9. The van der Waals surface area contributed by atoms with Gasteiger partial charge < -0.3 is 4.74 Å². The maximum absolute atomic E-state index is 13.3. The molecule has 0 N–H and O–H groups in total. The summed E-state index contributed by atoms with van der Waals surface area (Å²) in [5.41, 5.74) is 0.962. The van der Waals surface area contributed by atoms with Crippen LogP contribution in [0.1, 0.15) is 38.5 Å². The average Bonchev–Trinajstić information content (AvgIpc) is 3.12. The van der Waals surface area contributed by atoms with Crippen LogP contribution < -0.4 is 0 Å². The van der Waals surface area contributed by atoms with Gasteiger partial charge >= 0.3 is 6.18 Å². The predicted octanol–water partition coefficient (Wildman–Crippen LogP) is 5.03. The average molecular weight is 433 g/mol. The highest BCUT2D eigenvalue weighted by Gasteiger charge is 2.33. The first kappa shape index (κ1) is 21.0. The SMILES string of the molecule is Cc1ncc(CN2CCOC(c3cccc(Cc4ccccc4C(F)(F)F)n3)C2)s1. The van der Waals surface area contributed by atoms with Crippen molar-refractivity contribution in [3.05, 3.63) is 81.1 Å². The van der Waals surface area contributed by atoms with Gasteiger partial charge in [0.05, 0.1) is 22.9 Å². The quantitative estimate of drug-likeness (QED) is 0.566. The highest BCUT2D eigenvalue weighted by Crippen LogP contribution is 2.33. The van der Waals surface area contributed by atoms with Crippen molar-refractivity contribution in [2.45, 2.75) is 32.2 Å². The molecule has 3 aromatic rings. The van der Waals surface area contributed by atoms with Crippen LogP contribution >= 0.6 is 11.3 Å². The number of hydrogen-bond donors (Lipinski definition) is 0. The summed E-state index contributed by atoms with van der Waals surface area (Å²) in [4.78, 5) is 12.4. The Morgan fingerprint density at radius 2 is 2.00 bits per heavy atom. The van der Waals surface area contributed by atoms with Gasteiger partial charge in [0, 0.05) is 42.8 Å². The molecule has 1 unspecified atom stereocenters. The predicted molar refractivity (Wildman–Crippen MR) is 109 cm³/mol. The van der Waals surface area contributed by atoms with Crippen LogP contribution in [0.25, 0.3) is 0 Å².